The highest BCUT2D eigenvalue weighted by atomic mass is 32.1. The van der Waals surface area contributed by atoms with Crippen LogP contribution in [-0.4, -0.2) is 9.97 Å². The van der Waals surface area contributed by atoms with Crippen molar-refractivity contribution in [3.8, 4) is 44.5 Å². The van der Waals surface area contributed by atoms with Crippen LogP contribution in [0.3, 0.4) is 0 Å². The van der Waals surface area contributed by atoms with Crippen LogP contribution in [0.2, 0.25) is 0 Å². The highest BCUT2D eigenvalue weighted by molar-refractivity contribution is 7.26. The summed E-state index contributed by atoms with van der Waals surface area (Å²) in [5, 5.41) is 9.82. The Morgan fingerprint density at radius 3 is 1.64 bits per heavy atom. The Kier molecular flexibility index (Phi) is 6.76. The molecule has 0 aliphatic carbocycles. The molecular formula is C50H30N2S. The molecular weight excluding hydrogens is 661 g/mol. The predicted molar refractivity (Wildman–Crippen MR) is 227 cm³/mol. The fraction of sp³-hybridized carbons (Fsp3) is 0. The Morgan fingerprint density at radius 2 is 0.849 bits per heavy atom. The van der Waals surface area contributed by atoms with Gasteiger partial charge in [-0.25, -0.2) is 0 Å². The van der Waals surface area contributed by atoms with Gasteiger partial charge in [-0.1, -0.05) is 140 Å². The Bertz CT molecular complexity index is 3190. The summed E-state index contributed by atoms with van der Waals surface area (Å²) in [5.41, 5.74) is 11.6. The molecule has 0 saturated carbocycles. The predicted octanol–water partition coefficient (Wildman–Crippen LogP) is 14.1. The van der Waals surface area contributed by atoms with Crippen molar-refractivity contribution >= 4 is 74.9 Å². The molecule has 53 heavy (non-hydrogen) atoms. The van der Waals surface area contributed by atoms with Crippen LogP contribution in [0.15, 0.2) is 182 Å². The summed E-state index contributed by atoms with van der Waals surface area (Å²) in [4.78, 5) is 9.51. The molecule has 3 heteroatoms. The molecule has 0 radical (unpaired) electrons. The number of hydrogen-bond donors (Lipinski definition) is 0. The monoisotopic (exact) mass is 690 g/mol. The molecule has 2 heterocycles. The summed E-state index contributed by atoms with van der Waals surface area (Å²) in [6, 6.07) is 62.1. The van der Waals surface area contributed by atoms with Crippen LogP contribution in [0.4, 0.5) is 0 Å². The molecule has 0 saturated heterocycles. The average molecular weight is 691 g/mol. The van der Waals surface area contributed by atoms with Crippen LogP contribution in [0.1, 0.15) is 0 Å². The number of fused-ring (bicyclic) bond motifs is 10. The first-order chi connectivity index (χ1) is 26.2. The van der Waals surface area contributed by atoms with E-state index in [-0.39, 0.29) is 0 Å². The first kappa shape index (κ1) is 30.0. The van der Waals surface area contributed by atoms with E-state index in [9.17, 15) is 0 Å². The zero-order valence-electron chi connectivity index (χ0n) is 28.6. The largest absolute Gasteiger partial charge is 0.252 e. The number of thiophene rings is 1. The maximum Gasteiger partial charge on any atom is 0.0971 e. The maximum absolute atomic E-state index is 4.78. The van der Waals surface area contributed by atoms with Gasteiger partial charge >= 0.3 is 0 Å². The van der Waals surface area contributed by atoms with E-state index in [1.54, 1.807) is 12.4 Å². The fourth-order valence-corrected chi connectivity index (χ4v) is 9.35. The van der Waals surface area contributed by atoms with Crippen LogP contribution < -0.4 is 0 Å². The van der Waals surface area contributed by atoms with Crippen molar-refractivity contribution in [2.75, 3.05) is 0 Å². The van der Waals surface area contributed by atoms with Gasteiger partial charge in [-0.3, -0.25) is 9.97 Å². The number of nitrogens with zero attached hydrogens (tertiary/aromatic N) is 2. The highest BCUT2D eigenvalue weighted by Gasteiger charge is 2.13. The molecule has 2 aromatic heterocycles. The van der Waals surface area contributed by atoms with Crippen molar-refractivity contribution in [3.05, 3.63) is 182 Å². The molecule has 11 aromatic rings. The van der Waals surface area contributed by atoms with Crippen LogP contribution in [0.5, 0.6) is 0 Å². The van der Waals surface area contributed by atoms with E-state index in [0.29, 0.717) is 0 Å². The number of benzene rings is 9. The molecule has 9 aromatic carbocycles. The lowest BCUT2D eigenvalue weighted by Gasteiger charge is -2.12. The first-order valence-corrected chi connectivity index (χ1v) is 18.8. The van der Waals surface area contributed by atoms with Gasteiger partial charge in [0.25, 0.3) is 0 Å². The van der Waals surface area contributed by atoms with Crippen LogP contribution >= 0.6 is 11.3 Å². The zero-order valence-corrected chi connectivity index (χ0v) is 29.4. The summed E-state index contributed by atoms with van der Waals surface area (Å²) in [6.45, 7) is 0. The number of rotatable bonds is 4. The van der Waals surface area contributed by atoms with Gasteiger partial charge in [0, 0.05) is 43.3 Å². The van der Waals surface area contributed by atoms with Crippen molar-refractivity contribution in [1.29, 1.82) is 0 Å². The second-order valence-electron chi connectivity index (χ2n) is 13.8. The SMILES string of the molecule is c1cc(-c2ccc(-c3ccc4cc(-c5cccc6c5sc5ccccc56)ccc4c3)cc2)cc(-c2ccc3c4ccccc4c4nccnc4c3c2)c1. The van der Waals surface area contributed by atoms with E-state index >= 15 is 0 Å². The van der Waals surface area contributed by atoms with Crippen molar-refractivity contribution in [2.45, 2.75) is 0 Å². The third kappa shape index (κ3) is 4.93. The van der Waals surface area contributed by atoms with E-state index in [1.807, 2.05) is 11.3 Å². The van der Waals surface area contributed by atoms with Gasteiger partial charge in [0.2, 0.25) is 0 Å². The Morgan fingerprint density at radius 1 is 0.321 bits per heavy atom. The Balaban J connectivity index is 0.904. The number of aromatic nitrogens is 2. The Labute approximate surface area is 310 Å². The van der Waals surface area contributed by atoms with E-state index in [0.717, 1.165) is 27.4 Å². The molecule has 0 N–H and O–H groups in total. The van der Waals surface area contributed by atoms with Crippen molar-refractivity contribution < 1.29 is 0 Å². The third-order valence-electron chi connectivity index (χ3n) is 10.7. The summed E-state index contributed by atoms with van der Waals surface area (Å²) < 4.78 is 2.69. The summed E-state index contributed by atoms with van der Waals surface area (Å²) in [7, 11) is 0. The topological polar surface area (TPSA) is 25.8 Å². The van der Waals surface area contributed by atoms with Gasteiger partial charge in [0.1, 0.15) is 0 Å². The van der Waals surface area contributed by atoms with E-state index < -0.39 is 0 Å². The van der Waals surface area contributed by atoms with Crippen LogP contribution in [-0.2, 0) is 0 Å². The summed E-state index contributed by atoms with van der Waals surface area (Å²) in [6.07, 6.45) is 3.57. The molecule has 0 spiro atoms. The fourth-order valence-electron chi connectivity index (χ4n) is 8.11. The van der Waals surface area contributed by atoms with Gasteiger partial charge < -0.3 is 0 Å². The van der Waals surface area contributed by atoms with Crippen molar-refractivity contribution in [3.63, 3.8) is 0 Å². The minimum Gasteiger partial charge on any atom is -0.252 e. The molecule has 0 amide bonds. The molecule has 11 rings (SSSR count). The van der Waals surface area contributed by atoms with Gasteiger partial charge in [-0.15, -0.1) is 11.3 Å². The summed E-state index contributed by atoms with van der Waals surface area (Å²) >= 11 is 1.88. The smallest absolute Gasteiger partial charge is 0.0971 e. The quantitative estimate of drug-likeness (QED) is 0.172. The molecule has 246 valence electrons. The zero-order chi connectivity index (χ0) is 34.9. The van der Waals surface area contributed by atoms with E-state index in [2.05, 4.69) is 170 Å². The Hall–Kier alpha value is -6.68. The standard InChI is InChI=1S/C50H30N2S/c1-2-11-44-41(9-1)42-24-23-38(30-46(42)49-48(44)51-25-26-52-49)34-8-5-7-33(27-34)31-15-17-32(18-16-31)35-19-20-37-29-39(22-21-36(37)28-35)40-12-6-13-45-43-10-3-4-14-47(43)53-50(40)45/h1-30H. The third-order valence-corrected chi connectivity index (χ3v) is 12.0. The lowest BCUT2D eigenvalue weighted by Crippen LogP contribution is -1.89. The maximum atomic E-state index is 4.78. The summed E-state index contributed by atoms with van der Waals surface area (Å²) in [5.74, 6) is 0. The lowest BCUT2D eigenvalue weighted by atomic mass is 9.93. The lowest BCUT2D eigenvalue weighted by molar-refractivity contribution is 1.31. The highest BCUT2D eigenvalue weighted by Crippen LogP contribution is 2.41. The van der Waals surface area contributed by atoms with Gasteiger partial charge in [0.15, 0.2) is 0 Å². The second kappa shape index (κ2) is 11.9. The molecule has 0 fully saturated rings. The minimum absolute atomic E-state index is 0.939. The van der Waals surface area contributed by atoms with Crippen molar-refractivity contribution in [1.82, 2.24) is 9.97 Å². The van der Waals surface area contributed by atoms with E-state index in [1.165, 1.54) is 80.7 Å². The molecule has 0 aliphatic rings. The van der Waals surface area contributed by atoms with Crippen LogP contribution in [0, 0.1) is 0 Å². The van der Waals surface area contributed by atoms with Gasteiger partial charge in [0.05, 0.1) is 11.0 Å². The second-order valence-corrected chi connectivity index (χ2v) is 14.8. The van der Waals surface area contributed by atoms with Crippen molar-refractivity contribution in [2.24, 2.45) is 0 Å². The normalized spacial score (nSPS) is 11.8. The van der Waals surface area contributed by atoms with Crippen LogP contribution in [0.25, 0.3) is 108 Å². The van der Waals surface area contributed by atoms with Gasteiger partial charge in [-0.2, -0.15) is 0 Å². The molecule has 0 aliphatic heterocycles. The molecule has 0 atom stereocenters. The van der Waals surface area contributed by atoms with Gasteiger partial charge in [-0.05, 0) is 96.4 Å². The number of hydrogen-bond acceptors (Lipinski definition) is 3. The molecule has 0 unspecified atom stereocenters. The average Bonchev–Trinajstić information content (AvgIpc) is 3.62. The first-order valence-electron chi connectivity index (χ1n) is 18.0. The molecule has 2 nitrogen and oxygen atoms in total. The van der Waals surface area contributed by atoms with E-state index in [4.69, 9.17) is 9.97 Å². The minimum atomic E-state index is 0.939. The molecule has 0 bridgehead atoms.